The van der Waals surface area contributed by atoms with Crippen molar-refractivity contribution in [2.75, 3.05) is 7.11 Å². The number of benzene rings is 2. The van der Waals surface area contributed by atoms with Gasteiger partial charge >= 0.3 is 0 Å². The van der Waals surface area contributed by atoms with Crippen molar-refractivity contribution >= 4 is 0 Å². The smallest absolute Gasteiger partial charge is 0.0708 e. The van der Waals surface area contributed by atoms with E-state index in [0.29, 0.717) is 0 Å². The van der Waals surface area contributed by atoms with Crippen LogP contribution in [0.15, 0.2) is 60.7 Å². The van der Waals surface area contributed by atoms with Gasteiger partial charge in [0.2, 0.25) is 0 Å². The van der Waals surface area contributed by atoms with Crippen LogP contribution in [0.5, 0.6) is 0 Å². The van der Waals surface area contributed by atoms with E-state index in [0.717, 1.165) is 6.42 Å². The van der Waals surface area contributed by atoms with Crippen LogP contribution in [0.25, 0.3) is 0 Å². The molecule has 3 rings (SSSR count). The van der Waals surface area contributed by atoms with Gasteiger partial charge in [0.15, 0.2) is 0 Å². The summed E-state index contributed by atoms with van der Waals surface area (Å²) in [5.74, 6) is 0. The SMILES string of the molecule is COC1CCCC1(c1ccccc1)c1ccccc1. The maximum absolute atomic E-state index is 5.84. The summed E-state index contributed by atoms with van der Waals surface area (Å²) in [6, 6.07) is 21.6. The van der Waals surface area contributed by atoms with Gasteiger partial charge in [-0.2, -0.15) is 0 Å². The van der Waals surface area contributed by atoms with E-state index in [1.165, 1.54) is 24.0 Å². The maximum Gasteiger partial charge on any atom is 0.0708 e. The molecule has 1 fully saturated rings. The van der Waals surface area contributed by atoms with Gasteiger partial charge in [-0.1, -0.05) is 60.7 Å². The van der Waals surface area contributed by atoms with Crippen molar-refractivity contribution in [3.05, 3.63) is 71.8 Å². The highest BCUT2D eigenvalue weighted by Gasteiger charge is 2.45. The second-order valence-corrected chi connectivity index (χ2v) is 5.32. The van der Waals surface area contributed by atoms with Crippen molar-refractivity contribution < 1.29 is 4.74 Å². The van der Waals surface area contributed by atoms with Crippen molar-refractivity contribution in [2.45, 2.75) is 30.8 Å². The maximum atomic E-state index is 5.84. The predicted molar refractivity (Wildman–Crippen MR) is 78.3 cm³/mol. The largest absolute Gasteiger partial charge is 0.380 e. The van der Waals surface area contributed by atoms with Crippen LogP contribution in [0.1, 0.15) is 30.4 Å². The topological polar surface area (TPSA) is 9.23 Å². The monoisotopic (exact) mass is 252 g/mol. The highest BCUT2D eigenvalue weighted by molar-refractivity contribution is 5.42. The van der Waals surface area contributed by atoms with E-state index in [2.05, 4.69) is 60.7 Å². The third kappa shape index (κ3) is 1.98. The fourth-order valence-corrected chi connectivity index (χ4v) is 3.59. The Morgan fingerprint density at radius 2 is 1.42 bits per heavy atom. The highest BCUT2D eigenvalue weighted by atomic mass is 16.5. The first-order chi connectivity index (χ1) is 9.38. The molecule has 98 valence electrons. The summed E-state index contributed by atoms with van der Waals surface area (Å²) < 4.78 is 5.84. The molecule has 0 bridgehead atoms. The Hall–Kier alpha value is -1.60. The first-order valence-electron chi connectivity index (χ1n) is 7.02. The van der Waals surface area contributed by atoms with E-state index in [9.17, 15) is 0 Å². The summed E-state index contributed by atoms with van der Waals surface area (Å²) in [4.78, 5) is 0. The van der Waals surface area contributed by atoms with Gasteiger partial charge < -0.3 is 4.74 Å². The van der Waals surface area contributed by atoms with Crippen LogP contribution < -0.4 is 0 Å². The Morgan fingerprint density at radius 1 is 0.895 bits per heavy atom. The summed E-state index contributed by atoms with van der Waals surface area (Å²) in [6.45, 7) is 0. The van der Waals surface area contributed by atoms with Crippen LogP contribution in [0.3, 0.4) is 0 Å². The molecule has 1 atom stereocenters. The van der Waals surface area contributed by atoms with Gasteiger partial charge in [-0.25, -0.2) is 0 Å². The summed E-state index contributed by atoms with van der Waals surface area (Å²) in [6.07, 6.45) is 3.81. The normalized spacial score (nSPS) is 21.4. The molecule has 1 nitrogen and oxygen atoms in total. The lowest BCUT2D eigenvalue weighted by Gasteiger charge is -2.36. The van der Waals surface area contributed by atoms with Gasteiger partial charge in [0, 0.05) is 12.5 Å². The summed E-state index contributed by atoms with van der Waals surface area (Å²) in [5, 5.41) is 0. The fourth-order valence-electron chi connectivity index (χ4n) is 3.59. The van der Waals surface area contributed by atoms with Crippen LogP contribution in [-0.4, -0.2) is 13.2 Å². The number of hydrogen-bond acceptors (Lipinski definition) is 1. The summed E-state index contributed by atoms with van der Waals surface area (Å²) in [5.41, 5.74) is 2.79. The van der Waals surface area contributed by atoms with Crippen molar-refractivity contribution in [1.29, 1.82) is 0 Å². The van der Waals surface area contributed by atoms with Crippen molar-refractivity contribution in [2.24, 2.45) is 0 Å². The quantitative estimate of drug-likeness (QED) is 0.796. The van der Waals surface area contributed by atoms with Crippen LogP contribution in [0.4, 0.5) is 0 Å². The van der Waals surface area contributed by atoms with Gasteiger partial charge in [-0.3, -0.25) is 0 Å². The molecule has 0 aromatic heterocycles. The zero-order valence-corrected chi connectivity index (χ0v) is 11.4. The van der Waals surface area contributed by atoms with Crippen LogP contribution in [-0.2, 0) is 10.2 Å². The lowest BCUT2D eigenvalue weighted by Crippen LogP contribution is -2.37. The molecule has 1 aliphatic rings. The molecule has 1 unspecified atom stereocenters. The van der Waals surface area contributed by atoms with Crippen molar-refractivity contribution in [3.63, 3.8) is 0 Å². The Labute approximate surface area is 115 Å². The lowest BCUT2D eigenvalue weighted by atomic mass is 9.71. The molecule has 0 saturated heterocycles. The van der Waals surface area contributed by atoms with E-state index in [1.54, 1.807) is 0 Å². The van der Waals surface area contributed by atoms with Gasteiger partial charge in [0.05, 0.1) is 6.10 Å². The lowest BCUT2D eigenvalue weighted by molar-refractivity contribution is 0.0671. The second-order valence-electron chi connectivity index (χ2n) is 5.32. The van der Waals surface area contributed by atoms with Crippen molar-refractivity contribution in [3.8, 4) is 0 Å². The third-order valence-corrected chi connectivity index (χ3v) is 4.45. The zero-order chi connectivity index (χ0) is 13.1. The molecule has 0 N–H and O–H groups in total. The molecule has 2 aromatic carbocycles. The van der Waals surface area contributed by atoms with E-state index in [4.69, 9.17) is 4.74 Å². The molecule has 0 amide bonds. The van der Waals surface area contributed by atoms with Gasteiger partial charge in [-0.15, -0.1) is 0 Å². The van der Waals surface area contributed by atoms with E-state index < -0.39 is 0 Å². The van der Waals surface area contributed by atoms with Crippen molar-refractivity contribution in [1.82, 2.24) is 0 Å². The van der Waals surface area contributed by atoms with E-state index in [1.807, 2.05) is 7.11 Å². The molecule has 1 saturated carbocycles. The molecular formula is C18H20O. The standard InChI is InChI=1S/C18H20O/c1-19-17-13-8-14-18(17,15-9-4-2-5-10-15)16-11-6-3-7-12-16/h2-7,9-12,17H,8,13-14H2,1H3. The molecule has 0 spiro atoms. The first-order valence-corrected chi connectivity index (χ1v) is 7.02. The average Bonchev–Trinajstić information content (AvgIpc) is 2.94. The van der Waals surface area contributed by atoms with E-state index in [-0.39, 0.29) is 11.5 Å². The van der Waals surface area contributed by atoms with Gasteiger partial charge in [0.25, 0.3) is 0 Å². The van der Waals surface area contributed by atoms with Crippen LogP contribution in [0, 0.1) is 0 Å². The van der Waals surface area contributed by atoms with E-state index >= 15 is 0 Å². The molecule has 19 heavy (non-hydrogen) atoms. The number of hydrogen-bond donors (Lipinski definition) is 0. The number of methoxy groups -OCH3 is 1. The highest BCUT2D eigenvalue weighted by Crippen LogP contribution is 2.47. The Bertz CT molecular complexity index is 478. The predicted octanol–water partition coefficient (Wildman–Crippen LogP) is 4.17. The Balaban J connectivity index is 2.17. The molecular weight excluding hydrogens is 232 g/mol. The summed E-state index contributed by atoms with van der Waals surface area (Å²) >= 11 is 0. The molecule has 0 radical (unpaired) electrons. The van der Waals surface area contributed by atoms with Crippen LogP contribution >= 0.6 is 0 Å². The molecule has 0 heterocycles. The number of rotatable bonds is 3. The van der Waals surface area contributed by atoms with Crippen LogP contribution in [0.2, 0.25) is 0 Å². The average molecular weight is 252 g/mol. The first kappa shape index (κ1) is 12.4. The minimum Gasteiger partial charge on any atom is -0.380 e. The minimum atomic E-state index is 0.0251. The molecule has 0 aliphatic heterocycles. The molecule has 1 aliphatic carbocycles. The molecule has 2 aromatic rings. The Kier molecular flexibility index (Phi) is 3.39. The second kappa shape index (κ2) is 5.18. The summed E-state index contributed by atoms with van der Waals surface area (Å²) in [7, 11) is 1.84. The fraction of sp³-hybridized carbons (Fsp3) is 0.333. The minimum absolute atomic E-state index is 0.0251. The zero-order valence-electron chi connectivity index (χ0n) is 11.4. The molecule has 1 heteroatoms. The number of ether oxygens (including phenoxy) is 1. The van der Waals surface area contributed by atoms with Gasteiger partial charge in [-0.05, 0) is 30.4 Å². The van der Waals surface area contributed by atoms with Gasteiger partial charge in [0.1, 0.15) is 0 Å². The Morgan fingerprint density at radius 3 is 1.89 bits per heavy atom. The third-order valence-electron chi connectivity index (χ3n) is 4.45.